The maximum Gasteiger partial charge on any atom is 0.258 e. The minimum Gasteiger partial charge on any atom is -0.302 e. The third-order valence-electron chi connectivity index (χ3n) is 6.59. The first-order valence-corrected chi connectivity index (χ1v) is 13.3. The van der Waals surface area contributed by atoms with Gasteiger partial charge in [0.1, 0.15) is 0 Å². The lowest BCUT2D eigenvalue weighted by Gasteiger charge is -2.28. The van der Waals surface area contributed by atoms with Gasteiger partial charge >= 0.3 is 0 Å². The number of benzene rings is 3. The van der Waals surface area contributed by atoms with E-state index in [1.807, 2.05) is 79.3 Å². The van der Waals surface area contributed by atoms with E-state index in [1.54, 1.807) is 29.2 Å². The Morgan fingerprint density at radius 2 is 1.58 bits per heavy atom. The maximum absolute atomic E-state index is 13.5. The van der Waals surface area contributed by atoms with E-state index in [1.165, 1.54) is 4.31 Å². The van der Waals surface area contributed by atoms with Crippen LogP contribution >= 0.6 is 0 Å². The van der Waals surface area contributed by atoms with Gasteiger partial charge < -0.3 is 4.90 Å². The van der Waals surface area contributed by atoms with Crippen LogP contribution in [0.25, 0.3) is 0 Å². The SMILES string of the molecule is Cc1ccc(S(=O)(=O)N2CCc3c(c(CN(C(=O)c4ccccc4)c4ccccc4)nn3C)C2)cc1. The Morgan fingerprint density at radius 3 is 2.25 bits per heavy atom. The van der Waals surface area contributed by atoms with Crippen molar-refractivity contribution in [3.63, 3.8) is 0 Å². The summed E-state index contributed by atoms with van der Waals surface area (Å²) in [6.07, 6.45) is 0.557. The number of rotatable bonds is 6. The zero-order valence-electron chi connectivity index (χ0n) is 20.3. The summed E-state index contributed by atoms with van der Waals surface area (Å²) < 4.78 is 30.1. The van der Waals surface area contributed by atoms with E-state index < -0.39 is 10.0 Å². The predicted molar refractivity (Wildman–Crippen MR) is 139 cm³/mol. The lowest BCUT2D eigenvalue weighted by Crippen LogP contribution is -2.37. The van der Waals surface area contributed by atoms with E-state index in [-0.39, 0.29) is 23.9 Å². The normalized spacial score (nSPS) is 13.8. The van der Waals surface area contributed by atoms with Crippen molar-refractivity contribution in [1.82, 2.24) is 14.1 Å². The van der Waals surface area contributed by atoms with Gasteiger partial charge in [-0.15, -0.1) is 0 Å². The molecule has 0 saturated carbocycles. The molecule has 8 heteroatoms. The predicted octanol–water partition coefficient (Wildman–Crippen LogP) is 4.32. The van der Waals surface area contributed by atoms with Gasteiger partial charge in [-0.2, -0.15) is 9.40 Å². The molecule has 0 aliphatic carbocycles. The molecule has 0 N–H and O–H groups in total. The van der Waals surface area contributed by atoms with E-state index in [2.05, 4.69) is 0 Å². The number of hydrogen-bond donors (Lipinski definition) is 0. The number of amides is 1. The number of sulfonamides is 1. The molecule has 0 spiro atoms. The van der Waals surface area contributed by atoms with E-state index in [4.69, 9.17) is 5.10 Å². The number of aromatic nitrogens is 2. The van der Waals surface area contributed by atoms with Crippen LogP contribution in [0.15, 0.2) is 89.8 Å². The fourth-order valence-corrected chi connectivity index (χ4v) is 6.02. The molecule has 0 fully saturated rings. The van der Waals surface area contributed by atoms with Gasteiger partial charge in [-0.05, 0) is 43.3 Å². The topological polar surface area (TPSA) is 75.5 Å². The van der Waals surface area contributed by atoms with Crippen LogP contribution in [0, 0.1) is 6.92 Å². The molecule has 0 unspecified atom stereocenters. The number of aryl methyl sites for hydroxylation is 2. The first-order chi connectivity index (χ1) is 17.3. The molecule has 184 valence electrons. The first-order valence-electron chi connectivity index (χ1n) is 11.9. The van der Waals surface area contributed by atoms with E-state index >= 15 is 0 Å². The highest BCUT2D eigenvalue weighted by Gasteiger charge is 2.33. The maximum atomic E-state index is 13.5. The number of hydrogen-bond acceptors (Lipinski definition) is 4. The first kappa shape index (κ1) is 24.0. The Bertz CT molecular complexity index is 1480. The van der Waals surface area contributed by atoms with Crippen LogP contribution in [0.4, 0.5) is 5.69 Å². The molecular weight excluding hydrogens is 472 g/mol. The lowest BCUT2D eigenvalue weighted by molar-refractivity contribution is 0.0984. The van der Waals surface area contributed by atoms with Gasteiger partial charge in [-0.25, -0.2) is 8.42 Å². The van der Waals surface area contributed by atoms with Gasteiger partial charge in [0, 0.05) is 49.1 Å². The van der Waals surface area contributed by atoms with Crippen LogP contribution in [0.1, 0.15) is 32.9 Å². The average molecular weight is 501 g/mol. The van der Waals surface area contributed by atoms with Crippen molar-refractivity contribution in [2.45, 2.75) is 31.3 Å². The Morgan fingerprint density at radius 1 is 0.944 bits per heavy atom. The summed E-state index contributed by atoms with van der Waals surface area (Å²) in [5, 5.41) is 4.74. The van der Waals surface area contributed by atoms with Crippen LogP contribution in [0.3, 0.4) is 0 Å². The molecule has 5 rings (SSSR count). The molecule has 1 aliphatic rings. The standard InChI is InChI=1S/C28H28N4O3S/c1-21-13-15-24(16-14-21)36(34,35)31-18-17-27-25(19-31)26(29-30(27)2)20-32(23-11-7-4-8-12-23)28(33)22-9-5-3-6-10-22/h3-16H,17-20H2,1-2H3. The number of carbonyl (C=O) groups is 1. The van der Waals surface area contributed by atoms with Gasteiger partial charge in [-0.3, -0.25) is 9.48 Å². The van der Waals surface area contributed by atoms with Crippen molar-refractivity contribution in [3.8, 4) is 0 Å². The number of nitrogens with zero attached hydrogens (tertiary/aromatic N) is 4. The van der Waals surface area contributed by atoms with Gasteiger partial charge in [0.2, 0.25) is 10.0 Å². The molecule has 1 aromatic heterocycles. The number of carbonyl (C=O) groups excluding carboxylic acids is 1. The van der Waals surface area contributed by atoms with E-state index in [9.17, 15) is 13.2 Å². The van der Waals surface area contributed by atoms with Crippen LogP contribution in [0.5, 0.6) is 0 Å². The summed E-state index contributed by atoms with van der Waals surface area (Å²) >= 11 is 0. The van der Waals surface area contributed by atoms with E-state index in [0.717, 1.165) is 22.5 Å². The minimum absolute atomic E-state index is 0.138. The van der Waals surface area contributed by atoms with Crippen molar-refractivity contribution in [2.75, 3.05) is 11.4 Å². The molecule has 0 atom stereocenters. The molecule has 0 saturated heterocycles. The van der Waals surface area contributed by atoms with Crippen molar-refractivity contribution in [1.29, 1.82) is 0 Å². The minimum atomic E-state index is -3.65. The average Bonchev–Trinajstić information content (AvgIpc) is 3.22. The Hall–Kier alpha value is -3.75. The van der Waals surface area contributed by atoms with Gasteiger partial charge in [0.05, 0.1) is 17.1 Å². The van der Waals surface area contributed by atoms with Crippen molar-refractivity contribution >= 4 is 21.6 Å². The Kier molecular flexibility index (Phi) is 6.47. The highest BCUT2D eigenvalue weighted by molar-refractivity contribution is 7.89. The van der Waals surface area contributed by atoms with Crippen LogP contribution < -0.4 is 4.90 Å². The fraction of sp³-hybridized carbons (Fsp3) is 0.214. The highest BCUT2D eigenvalue weighted by atomic mass is 32.2. The number of anilines is 1. The molecule has 1 amide bonds. The third kappa shape index (κ3) is 4.57. The second-order valence-electron chi connectivity index (χ2n) is 8.99. The molecular formula is C28H28N4O3S. The summed E-state index contributed by atoms with van der Waals surface area (Å²) in [5.41, 5.74) is 4.90. The zero-order chi connectivity index (χ0) is 25.3. The molecule has 3 aromatic carbocycles. The van der Waals surface area contributed by atoms with Gasteiger partial charge in [0.25, 0.3) is 5.91 Å². The molecule has 4 aromatic rings. The fourth-order valence-electron chi connectivity index (χ4n) is 4.61. The molecule has 0 radical (unpaired) electrons. The van der Waals surface area contributed by atoms with Gasteiger partial charge in [-0.1, -0.05) is 54.1 Å². The van der Waals surface area contributed by atoms with Crippen LogP contribution in [0.2, 0.25) is 0 Å². The monoisotopic (exact) mass is 500 g/mol. The number of fused-ring (bicyclic) bond motifs is 1. The number of para-hydroxylation sites is 1. The third-order valence-corrected chi connectivity index (χ3v) is 8.45. The van der Waals surface area contributed by atoms with Crippen LogP contribution in [-0.4, -0.2) is 35.0 Å². The zero-order valence-corrected chi connectivity index (χ0v) is 21.1. The summed E-state index contributed by atoms with van der Waals surface area (Å²) in [6, 6.07) is 25.6. The highest BCUT2D eigenvalue weighted by Crippen LogP contribution is 2.29. The molecule has 7 nitrogen and oxygen atoms in total. The summed E-state index contributed by atoms with van der Waals surface area (Å²) in [6.45, 7) is 2.77. The second kappa shape index (κ2) is 9.72. The van der Waals surface area contributed by atoms with Crippen molar-refractivity contribution in [2.24, 2.45) is 7.05 Å². The van der Waals surface area contributed by atoms with Gasteiger partial charge in [0.15, 0.2) is 0 Å². The summed E-state index contributed by atoms with van der Waals surface area (Å²) in [4.78, 5) is 15.5. The summed E-state index contributed by atoms with van der Waals surface area (Å²) in [5.74, 6) is -0.138. The lowest BCUT2D eigenvalue weighted by atomic mass is 10.1. The quantitative estimate of drug-likeness (QED) is 0.395. The smallest absolute Gasteiger partial charge is 0.258 e. The summed E-state index contributed by atoms with van der Waals surface area (Å²) in [7, 11) is -1.78. The van der Waals surface area contributed by atoms with Crippen LogP contribution in [-0.2, 0) is 36.6 Å². The molecule has 2 heterocycles. The Balaban J connectivity index is 1.49. The molecule has 0 bridgehead atoms. The second-order valence-corrected chi connectivity index (χ2v) is 10.9. The van der Waals surface area contributed by atoms with E-state index in [0.29, 0.717) is 24.2 Å². The molecule has 1 aliphatic heterocycles. The van der Waals surface area contributed by atoms with Crippen molar-refractivity contribution < 1.29 is 13.2 Å². The molecule has 36 heavy (non-hydrogen) atoms. The Labute approximate surface area is 211 Å². The van der Waals surface area contributed by atoms with Crippen molar-refractivity contribution in [3.05, 3.63) is 113 Å². The largest absolute Gasteiger partial charge is 0.302 e.